The first-order chi connectivity index (χ1) is 14.6. The number of hydrogen-bond acceptors (Lipinski definition) is 5. The number of thiophene rings is 1. The standard InChI is InChI=1S/C24H20N2O3S/c1-16-22(24(28)29-15-21(27)25-14-18-10-7-13-30-18)19-11-5-6-12-20(19)26-23(16)17-8-3-2-4-9-17/h2-13H,14-15H2,1H3,(H,25,27). The average Bonchev–Trinajstić information content (AvgIpc) is 3.30. The minimum atomic E-state index is -0.533. The van der Waals surface area contributed by atoms with E-state index in [0.29, 0.717) is 23.0 Å². The van der Waals surface area contributed by atoms with Crippen LogP contribution in [-0.2, 0) is 16.1 Å². The van der Waals surface area contributed by atoms with Crippen molar-refractivity contribution in [3.63, 3.8) is 0 Å². The third-order valence-corrected chi connectivity index (χ3v) is 5.64. The molecule has 6 heteroatoms. The molecule has 2 aromatic heterocycles. The summed E-state index contributed by atoms with van der Waals surface area (Å²) in [5.74, 6) is -0.870. The zero-order valence-electron chi connectivity index (χ0n) is 16.4. The van der Waals surface area contributed by atoms with Crippen molar-refractivity contribution in [2.45, 2.75) is 13.5 Å². The number of rotatable bonds is 6. The Morgan fingerprint density at radius 2 is 1.77 bits per heavy atom. The number of nitrogens with one attached hydrogen (secondary N) is 1. The number of para-hydroxylation sites is 1. The monoisotopic (exact) mass is 416 g/mol. The van der Waals surface area contributed by atoms with Crippen molar-refractivity contribution in [2.24, 2.45) is 0 Å². The summed E-state index contributed by atoms with van der Waals surface area (Å²) in [6.07, 6.45) is 0. The van der Waals surface area contributed by atoms with Crippen molar-refractivity contribution in [1.82, 2.24) is 10.3 Å². The molecule has 0 aliphatic carbocycles. The Bertz CT molecular complexity index is 1190. The van der Waals surface area contributed by atoms with Crippen molar-refractivity contribution in [3.05, 3.63) is 88.1 Å². The van der Waals surface area contributed by atoms with E-state index in [-0.39, 0.29) is 12.5 Å². The van der Waals surface area contributed by atoms with Crippen LogP contribution in [0.1, 0.15) is 20.8 Å². The number of hydrogen-bond donors (Lipinski definition) is 1. The number of esters is 1. The maximum Gasteiger partial charge on any atom is 0.339 e. The van der Waals surface area contributed by atoms with Crippen LogP contribution in [0.4, 0.5) is 0 Å². The Morgan fingerprint density at radius 1 is 1.00 bits per heavy atom. The predicted octanol–water partition coefficient (Wildman–Crippen LogP) is 4.74. The predicted molar refractivity (Wildman–Crippen MR) is 118 cm³/mol. The van der Waals surface area contributed by atoms with Crippen LogP contribution in [0.3, 0.4) is 0 Å². The summed E-state index contributed by atoms with van der Waals surface area (Å²) in [6, 6.07) is 21.0. The van der Waals surface area contributed by atoms with E-state index in [1.54, 1.807) is 11.3 Å². The van der Waals surface area contributed by atoms with Crippen LogP contribution in [0.2, 0.25) is 0 Å². The Morgan fingerprint density at radius 3 is 2.53 bits per heavy atom. The number of fused-ring (bicyclic) bond motifs is 1. The van der Waals surface area contributed by atoms with Crippen molar-refractivity contribution >= 4 is 34.1 Å². The molecule has 30 heavy (non-hydrogen) atoms. The summed E-state index contributed by atoms with van der Waals surface area (Å²) in [7, 11) is 0. The maximum atomic E-state index is 13.0. The molecular formula is C24H20N2O3S. The van der Waals surface area contributed by atoms with E-state index in [9.17, 15) is 9.59 Å². The second-order valence-electron chi connectivity index (χ2n) is 6.78. The van der Waals surface area contributed by atoms with Crippen LogP contribution in [0.5, 0.6) is 0 Å². The first kappa shape index (κ1) is 19.8. The number of aromatic nitrogens is 1. The highest BCUT2D eigenvalue weighted by Crippen LogP contribution is 2.30. The zero-order valence-corrected chi connectivity index (χ0v) is 17.2. The van der Waals surface area contributed by atoms with Gasteiger partial charge in [0, 0.05) is 15.8 Å². The molecule has 1 N–H and O–H groups in total. The van der Waals surface area contributed by atoms with Crippen LogP contribution in [0, 0.1) is 6.92 Å². The maximum absolute atomic E-state index is 13.0. The van der Waals surface area contributed by atoms with Gasteiger partial charge >= 0.3 is 5.97 Å². The fourth-order valence-corrected chi connectivity index (χ4v) is 3.95. The van der Waals surface area contributed by atoms with Crippen molar-refractivity contribution < 1.29 is 14.3 Å². The van der Waals surface area contributed by atoms with Gasteiger partial charge in [-0.2, -0.15) is 0 Å². The highest BCUT2D eigenvalue weighted by atomic mass is 32.1. The molecule has 5 nitrogen and oxygen atoms in total. The highest BCUT2D eigenvalue weighted by Gasteiger charge is 2.20. The molecule has 2 heterocycles. The second kappa shape index (κ2) is 8.88. The summed E-state index contributed by atoms with van der Waals surface area (Å²) in [5.41, 5.74) is 3.51. The molecule has 0 bridgehead atoms. The Kier molecular flexibility index (Phi) is 5.86. The molecule has 0 unspecified atom stereocenters. The number of amides is 1. The normalized spacial score (nSPS) is 10.7. The van der Waals surface area contributed by atoms with Crippen LogP contribution in [0.25, 0.3) is 22.2 Å². The van der Waals surface area contributed by atoms with Crippen LogP contribution in [-0.4, -0.2) is 23.5 Å². The number of benzene rings is 2. The van der Waals surface area contributed by atoms with Gasteiger partial charge in [0.2, 0.25) is 0 Å². The summed E-state index contributed by atoms with van der Waals surface area (Å²) >= 11 is 1.56. The van der Waals surface area contributed by atoms with Crippen molar-refractivity contribution in [2.75, 3.05) is 6.61 Å². The quantitative estimate of drug-likeness (QED) is 0.461. The second-order valence-corrected chi connectivity index (χ2v) is 7.81. The lowest BCUT2D eigenvalue weighted by molar-refractivity contribution is -0.124. The van der Waals surface area contributed by atoms with E-state index < -0.39 is 5.97 Å². The largest absolute Gasteiger partial charge is 0.452 e. The molecule has 0 aliphatic rings. The molecule has 1 amide bonds. The number of ether oxygens (including phenoxy) is 1. The first-order valence-electron chi connectivity index (χ1n) is 9.54. The fourth-order valence-electron chi connectivity index (χ4n) is 3.30. The molecule has 0 fully saturated rings. The van der Waals surface area contributed by atoms with Gasteiger partial charge in [-0.05, 0) is 30.0 Å². The lowest BCUT2D eigenvalue weighted by atomic mass is 9.98. The number of pyridine rings is 1. The van der Waals surface area contributed by atoms with E-state index in [1.165, 1.54) is 0 Å². The van der Waals surface area contributed by atoms with Crippen LogP contribution < -0.4 is 5.32 Å². The molecule has 150 valence electrons. The van der Waals surface area contributed by atoms with Gasteiger partial charge in [-0.3, -0.25) is 4.79 Å². The third-order valence-electron chi connectivity index (χ3n) is 4.76. The fraction of sp³-hybridized carbons (Fsp3) is 0.125. The van der Waals surface area contributed by atoms with Gasteiger partial charge in [-0.1, -0.05) is 54.6 Å². The van der Waals surface area contributed by atoms with Gasteiger partial charge in [-0.15, -0.1) is 11.3 Å². The smallest absolute Gasteiger partial charge is 0.339 e. The Hall–Kier alpha value is -3.51. The van der Waals surface area contributed by atoms with Gasteiger partial charge in [0.1, 0.15) is 0 Å². The molecule has 0 aliphatic heterocycles. The summed E-state index contributed by atoms with van der Waals surface area (Å²) < 4.78 is 5.36. The van der Waals surface area contributed by atoms with Crippen LogP contribution in [0.15, 0.2) is 72.1 Å². The first-order valence-corrected chi connectivity index (χ1v) is 10.4. The number of carbonyl (C=O) groups excluding carboxylic acids is 2. The van der Waals surface area contributed by atoms with Gasteiger partial charge in [0.25, 0.3) is 5.91 Å². The third kappa shape index (κ3) is 4.23. The highest BCUT2D eigenvalue weighted by molar-refractivity contribution is 7.09. The van der Waals surface area contributed by atoms with E-state index in [0.717, 1.165) is 21.7 Å². The molecule has 0 saturated carbocycles. The molecule has 4 rings (SSSR count). The SMILES string of the molecule is Cc1c(-c2ccccc2)nc2ccccc2c1C(=O)OCC(=O)NCc1cccs1. The molecule has 0 atom stereocenters. The number of nitrogens with zero attached hydrogens (tertiary/aromatic N) is 1. The Balaban J connectivity index is 1.58. The van der Waals surface area contributed by atoms with Crippen molar-refractivity contribution in [1.29, 1.82) is 0 Å². The Labute approximate surface area is 178 Å². The van der Waals surface area contributed by atoms with E-state index >= 15 is 0 Å². The van der Waals surface area contributed by atoms with Gasteiger partial charge in [-0.25, -0.2) is 9.78 Å². The molecular weight excluding hydrogens is 396 g/mol. The minimum absolute atomic E-state index is 0.332. The van der Waals surface area contributed by atoms with Gasteiger partial charge < -0.3 is 10.1 Å². The van der Waals surface area contributed by atoms with Crippen molar-refractivity contribution in [3.8, 4) is 11.3 Å². The molecule has 0 saturated heterocycles. The van der Waals surface area contributed by atoms with Gasteiger partial charge in [0.05, 0.1) is 23.3 Å². The minimum Gasteiger partial charge on any atom is -0.452 e. The molecule has 4 aromatic rings. The summed E-state index contributed by atoms with van der Waals surface area (Å²) in [4.78, 5) is 30.9. The number of carbonyl (C=O) groups is 2. The zero-order chi connectivity index (χ0) is 20.9. The lowest BCUT2D eigenvalue weighted by Gasteiger charge is -2.14. The molecule has 0 radical (unpaired) electrons. The topological polar surface area (TPSA) is 68.3 Å². The van der Waals surface area contributed by atoms with E-state index in [1.807, 2.05) is 79.0 Å². The van der Waals surface area contributed by atoms with E-state index in [2.05, 4.69) is 5.32 Å². The summed E-state index contributed by atoms with van der Waals surface area (Å²) in [6.45, 7) is 1.94. The lowest BCUT2D eigenvalue weighted by Crippen LogP contribution is -2.28. The summed E-state index contributed by atoms with van der Waals surface area (Å²) in [5, 5.41) is 5.42. The van der Waals surface area contributed by atoms with E-state index in [4.69, 9.17) is 9.72 Å². The van der Waals surface area contributed by atoms with Crippen LogP contribution >= 0.6 is 11.3 Å². The molecule has 2 aromatic carbocycles. The molecule has 0 spiro atoms. The average molecular weight is 417 g/mol. The van der Waals surface area contributed by atoms with Gasteiger partial charge in [0.15, 0.2) is 6.61 Å².